The second-order valence-corrected chi connectivity index (χ2v) is 6.21. The molecule has 0 saturated heterocycles. The van der Waals surface area contributed by atoms with Gasteiger partial charge in [0.05, 0.1) is 0 Å². The first-order valence-corrected chi connectivity index (χ1v) is 8.50. The molecular weight excluding hydrogens is 242 g/mol. The molecule has 0 spiro atoms. The number of hydrogen-bond donors (Lipinski definition) is 1. The van der Waals surface area contributed by atoms with E-state index in [2.05, 4.69) is 45.0 Å². The maximum absolute atomic E-state index is 5.67. The average Bonchev–Trinajstić information content (AvgIpc) is 2.46. The standard InChI is InChI=1S/C19H33N/c1-4-7-17(8-5-2)11-12-18-9-6-10-19(15-18)16(3)13-14-20/h6,9-10,15-17H,4-5,7-8,11-14,20H2,1-3H3. The Labute approximate surface area is 126 Å². The smallest absolute Gasteiger partial charge is 0.00715 e. The fourth-order valence-corrected chi connectivity index (χ4v) is 3.09. The van der Waals surface area contributed by atoms with E-state index < -0.39 is 0 Å². The fraction of sp³-hybridized carbons (Fsp3) is 0.684. The second kappa shape index (κ2) is 9.99. The summed E-state index contributed by atoms with van der Waals surface area (Å²) in [6.07, 6.45) is 9.06. The van der Waals surface area contributed by atoms with Gasteiger partial charge >= 0.3 is 0 Å². The molecule has 1 nitrogen and oxygen atoms in total. The van der Waals surface area contributed by atoms with Gasteiger partial charge in [0.1, 0.15) is 0 Å². The molecule has 1 rings (SSSR count). The maximum Gasteiger partial charge on any atom is -0.00715 e. The first kappa shape index (κ1) is 17.2. The van der Waals surface area contributed by atoms with Crippen LogP contribution in [0.15, 0.2) is 24.3 Å². The zero-order valence-electron chi connectivity index (χ0n) is 13.7. The molecule has 0 fully saturated rings. The van der Waals surface area contributed by atoms with Crippen molar-refractivity contribution < 1.29 is 0 Å². The highest BCUT2D eigenvalue weighted by molar-refractivity contribution is 5.26. The lowest BCUT2D eigenvalue weighted by Gasteiger charge is -2.16. The van der Waals surface area contributed by atoms with Crippen LogP contribution in [0.3, 0.4) is 0 Å². The van der Waals surface area contributed by atoms with Crippen molar-refractivity contribution >= 4 is 0 Å². The van der Waals surface area contributed by atoms with Gasteiger partial charge in [-0.15, -0.1) is 0 Å². The van der Waals surface area contributed by atoms with Gasteiger partial charge in [-0.25, -0.2) is 0 Å². The Bertz CT molecular complexity index is 353. The monoisotopic (exact) mass is 275 g/mol. The largest absolute Gasteiger partial charge is 0.330 e. The molecular formula is C19H33N. The number of aryl methyl sites for hydroxylation is 1. The van der Waals surface area contributed by atoms with Gasteiger partial charge in [-0.2, -0.15) is 0 Å². The van der Waals surface area contributed by atoms with Crippen LogP contribution in [0.1, 0.15) is 76.3 Å². The van der Waals surface area contributed by atoms with Crippen LogP contribution in [0.25, 0.3) is 0 Å². The molecule has 0 heterocycles. The number of rotatable bonds is 10. The van der Waals surface area contributed by atoms with Gasteiger partial charge in [0.15, 0.2) is 0 Å². The van der Waals surface area contributed by atoms with Crippen LogP contribution in [0.2, 0.25) is 0 Å². The van der Waals surface area contributed by atoms with Crippen molar-refractivity contribution in [2.24, 2.45) is 11.7 Å². The number of benzene rings is 1. The van der Waals surface area contributed by atoms with Crippen LogP contribution in [-0.2, 0) is 6.42 Å². The number of hydrogen-bond acceptors (Lipinski definition) is 1. The Hall–Kier alpha value is -0.820. The summed E-state index contributed by atoms with van der Waals surface area (Å²) < 4.78 is 0. The molecule has 1 atom stereocenters. The van der Waals surface area contributed by atoms with E-state index in [1.807, 2.05) is 0 Å². The molecule has 0 saturated carbocycles. The van der Waals surface area contributed by atoms with Crippen molar-refractivity contribution in [3.05, 3.63) is 35.4 Å². The van der Waals surface area contributed by atoms with E-state index >= 15 is 0 Å². The Kier molecular flexibility index (Phi) is 8.60. The summed E-state index contributed by atoms with van der Waals surface area (Å²) in [6.45, 7) is 7.67. The molecule has 1 heteroatoms. The molecule has 114 valence electrons. The number of nitrogens with two attached hydrogens (primary N) is 1. The van der Waals surface area contributed by atoms with E-state index in [0.717, 1.165) is 18.9 Å². The van der Waals surface area contributed by atoms with Gasteiger partial charge < -0.3 is 5.73 Å². The van der Waals surface area contributed by atoms with Crippen molar-refractivity contribution in [2.45, 2.75) is 71.6 Å². The highest BCUT2D eigenvalue weighted by Gasteiger charge is 2.09. The van der Waals surface area contributed by atoms with Crippen molar-refractivity contribution in [1.29, 1.82) is 0 Å². The summed E-state index contributed by atoms with van der Waals surface area (Å²) in [5.74, 6) is 1.50. The topological polar surface area (TPSA) is 26.0 Å². The fourth-order valence-electron chi connectivity index (χ4n) is 3.09. The Morgan fingerprint density at radius 1 is 1.00 bits per heavy atom. The molecule has 2 N–H and O–H groups in total. The third-order valence-corrected chi connectivity index (χ3v) is 4.35. The van der Waals surface area contributed by atoms with Crippen molar-refractivity contribution in [3.8, 4) is 0 Å². The minimum absolute atomic E-state index is 0.585. The summed E-state index contributed by atoms with van der Waals surface area (Å²) >= 11 is 0. The highest BCUT2D eigenvalue weighted by Crippen LogP contribution is 2.23. The van der Waals surface area contributed by atoms with E-state index in [0.29, 0.717) is 5.92 Å². The van der Waals surface area contributed by atoms with Crippen LogP contribution < -0.4 is 5.73 Å². The van der Waals surface area contributed by atoms with Gasteiger partial charge in [0.2, 0.25) is 0 Å². The molecule has 1 unspecified atom stereocenters. The molecule has 1 aromatic carbocycles. The van der Waals surface area contributed by atoms with Crippen LogP contribution in [-0.4, -0.2) is 6.54 Å². The molecule has 0 radical (unpaired) electrons. The maximum atomic E-state index is 5.67. The van der Waals surface area contributed by atoms with Crippen LogP contribution in [0, 0.1) is 5.92 Å². The van der Waals surface area contributed by atoms with Gasteiger partial charge in [-0.3, -0.25) is 0 Å². The lowest BCUT2D eigenvalue weighted by molar-refractivity contribution is 0.411. The third-order valence-electron chi connectivity index (χ3n) is 4.35. The zero-order valence-corrected chi connectivity index (χ0v) is 13.7. The molecule has 20 heavy (non-hydrogen) atoms. The summed E-state index contributed by atoms with van der Waals surface area (Å²) in [4.78, 5) is 0. The van der Waals surface area contributed by atoms with E-state index in [9.17, 15) is 0 Å². The van der Waals surface area contributed by atoms with Gasteiger partial charge in [-0.1, -0.05) is 70.7 Å². The molecule has 0 aromatic heterocycles. The SMILES string of the molecule is CCCC(CCC)CCc1cccc(C(C)CCN)c1. The quantitative estimate of drug-likeness (QED) is 0.617. The lowest BCUT2D eigenvalue weighted by atomic mass is 9.90. The van der Waals surface area contributed by atoms with E-state index in [1.165, 1.54) is 49.7 Å². The molecule has 0 amide bonds. The normalized spacial score (nSPS) is 12.8. The van der Waals surface area contributed by atoms with Crippen LogP contribution >= 0.6 is 0 Å². The molecule has 0 aliphatic heterocycles. The minimum Gasteiger partial charge on any atom is -0.330 e. The van der Waals surface area contributed by atoms with Gasteiger partial charge in [0.25, 0.3) is 0 Å². The van der Waals surface area contributed by atoms with E-state index in [1.54, 1.807) is 0 Å². The minimum atomic E-state index is 0.585. The second-order valence-electron chi connectivity index (χ2n) is 6.21. The lowest BCUT2D eigenvalue weighted by Crippen LogP contribution is -2.05. The van der Waals surface area contributed by atoms with E-state index in [4.69, 9.17) is 5.73 Å². The first-order valence-electron chi connectivity index (χ1n) is 8.50. The summed E-state index contributed by atoms with van der Waals surface area (Å²) in [6, 6.07) is 9.15. The summed E-state index contributed by atoms with van der Waals surface area (Å²) in [5, 5.41) is 0. The average molecular weight is 275 g/mol. The summed E-state index contributed by atoms with van der Waals surface area (Å²) in [7, 11) is 0. The van der Waals surface area contributed by atoms with E-state index in [-0.39, 0.29) is 0 Å². The highest BCUT2D eigenvalue weighted by atomic mass is 14.5. The van der Waals surface area contributed by atoms with Gasteiger partial charge in [0, 0.05) is 0 Å². The predicted molar refractivity (Wildman–Crippen MR) is 90.2 cm³/mol. The third kappa shape index (κ3) is 6.09. The zero-order chi connectivity index (χ0) is 14.8. The van der Waals surface area contributed by atoms with Crippen molar-refractivity contribution in [2.75, 3.05) is 6.54 Å². The molecule has 1 aromatic rings. The Balaban J connectivity index is 2.56. The van der Waals surface area contributed by atoms with Crippen LogP contribution in [0.4, 0.5) is 0 Å². The Morgan fingerprint density at radius 3 is 2.30 bits per heavy atom. The summed E-state index contributed by atoms with van der Waals surface area (Å²) in [5.41, 5.74) is 8.63. The Morgan fingerprint density at radius 2 is 1.70 bits per heavy atom. The van der Waals surface area contributed by atoms with Crippen LogP contribution in [0.5, 0.6) is 0 Å². The van der Waals surface area contributed by atoms with Crippen molar-refractivity contribution in [3.63, 3.8) is 0 Å². The molecule has 0 aliphatic carbocycles. The van der Waals surface area contributed by atoms with Crippen molar-refractivity contribution in [1.82, 2.24) is 0 Å². The molecule has 0 bridgehead atoms. The predicted octanol–water partition coefficient (Wildman–Crippen LogP) is 5.29. The van der Waals surface area contributed by atoms with Gasteiger partial charge in [-0.05, 0) is 48.8 Å². The molecule has 0 aliphatic rings. The first-order chi connectivity index (χ1) is 9.71.